The monoisotopic (exact) mass is 401 g/mol. The molecule has 0 radical (unpaired) electrons. The number of esters is 2. The Labute approximate surface area is 170 Å². The maximum atomic E-state index is 12.4. The third-order valence-electron chi connectivity index (χ3n) is 5.83. The van der Waals surface area contributed by atoms with Gasteiger partial charge in [0, 0.05) is 18.3 Å². The number of carbonyl (C=O) groups excluding carboxylic acids is 4. The molecule has 0 heterocycles. The molecule has 2 aliphatic rings. The van der Waals surface area contributed by atoms with E-state index in [9.17, 15) is 19.2 Å². The first-order valence-electron chi connectivity index (χ1n) is 10.1. The van der Waals surface area contributed by atoms with E-state index in [1.807, 2.05) is 30.3 Å². The SMILES string of the molecule is COC(=O)[C@@H](Cc1ccccc1)NC(=O)COC(=O)C1C[C@H]2CCC[C@@H](C1)C2=O. The van der Waals surface area contributed by atoms with Crippen molar-refractivity contribution in [2.24, 2.45) is 17.8 Å². The van der Waals surface area contributed by atoms with Gasteiger partial charge in [-0.1, -0.05) is 36.8 Å². The van der Waals surface area contributed by atoms with Gasteiger partial charge in [0.05, 0.1) is 13.0 Å². The van der Waals surface area contributed by atoms with Crippen LogP contribution in [-0.4, -0.2) is 43.4 Å². The van der Waals surface area contributed by atoms with Crippen molar-refractivity contribution < 1.29 is 28.7 Å². The molecule has 3 rings (SSSR count). The maximum Gasteiger partial charge on any atom is 0.328 e. The smallest absolute Gasteiger partial charge is 0.328 e. The number of ketones is 1. The van der Waals surface area contributed by atoms with Crippen molar-refractivity contribution in [1.82, 2.24) is 5.32 Å². The van der Waals surface area contributed by atoms with Crippen LogP contribution in [0.1, 0.15) is 37.7 Å². The highest BCUT2D eigenvalue weighted by atomic mass is 16.5. The highest BCUT2D eigenvalue weighted by Crippen LogP contribution is 2.40. The van der Waals surface area contributed by atoms with Crippen molar-refractivity contribution in [3.63, 3.8) is 0 Å². The van der Waals surface area contributed by atoms with Crippen molar-refractivity contribution in [1.29, 1.82) is 0 Å². The molecule has 1 aromatic carbocycles. The number of nitrogens with one attached hydrogen (secondary N) is 1. The molecule has 4 atom stereocenters. The lowest BCUT2D eigenvalue weighted by Crippen LogP contribution is -2.45. The summed E-state index contributed by atoms with van der Waals surface area (Å²) >= 11 is 0. The molecule has 156 valence electrons. The van der Waals surface area contributed by atoms with E-state index < -0.39 is 30.5 Å². The molecule has 1 N–H and O–H groups in total. The van der Waals surface area contributed by atoms with Gasteiger partial charge in [0.15, 0.2) is 6.61 Å². The molecule has 0 aromatic heterocycles. The number of rotatable bonds is 7. The number of benzene rings is 1. The standard InChI is InChI=1S/C22H27NO6/c1-28-22(27)18(10-14-6-3-2-4-7-14)23-19(24)13-29-21(26)17-11-15-8-5-9-16(12-17)20(15)25/h2-4,6-7,15-18H,5,8-13H2,1H3,(H,23,24)/t15-,16+,17?,18-/m1/s1. The lowest BCUT2D eigenvalue weighted by Gasteiger charge is -2.36. The molecule has 2 bridgehead atoms. The van der Waals surface area contributed by atoms with Crippen molar-refractivity contribution in [2.45, 2.75) is 44.6 Å². The summed E-state index contributed by atoms with van der Waals surface area (Å²) in [5, 5.41) is 2.58. The number of Topliss-reactive ketones (excluding diaryl/α,β-unsaturated/α-hetero) is 1. The maximum absolute atomic E-state index is 12.4. The fourth-order valence-corrected chi connectivity index (χ4v) is 4.35. The van der Waals surface area contributed by atoms with E-state index in [1.165, 1.54) is 7.11 Å². The number of fused-ring (bicyclic) bond motifs is 2. The van der Waals surface area contributed by atoms with Crippen LogP contribution in [0.2, 0.25) is 0 Å². The number of amides is 1. The minimum absolute atomic E-state index is 0.0524. The second-order valence-electron chi connectivity index (χ2n) is 7.84. The molecule has 2 fully saturated rings. The van der Waals surface area contributed by atoms with Crippen LogP contribution in [0.4, 0.5) is 0 Å². The Bertz CT molecular complexity index is 746. The van der Waals surface area contributed by atoms with Crippen molar-refractivity contribution in [2.75, 3.05) is 13.7 Å². The molecule has 1 amide bonds. The fourth-order valence-electron chi connectivity index (χ4n) is 4.35. The first kappa shape index (κ1) is 21.0. The molecular formula is C22H27NO6. The van der Waals surface area contributed by atoms with E-state index >= 15 is 0 Å². The van der Waals surface area contributed by atoms with Crippen LogP contribution >= 0.6 is 0 Å². The molecule has 2 saturated carbocycles. The van der Waals surface area contributed by atoms with Crippen molar-refractivity contribution in [3.8, 4) is 0 Å². The average molecular weight is 401 g/mol. The van der Waals surface area contributed by atoms with E-state index in [1.54, 1.807) is 0 Å². The van der Waals surface area contributed by atoms with Gasteiger partial charge in [-0.15, -0.1) is 0 Å². The molecular weight excluding hydrogens is 374 g/mol. The summed E-state index contributed by atoms with van der Waals surface area (Å²) in [6, 6.07) is 8.39. The van der Waals surface area contributed by atoms with Gasteiger partial charge in [-0.2, -0.15) is 0 Å². The Morgan fingerprint density at radius 1 is 1.10 bits per heavy atom. The average Bonchev–Trinajstić information content (AvgIpc) is 2.71. The molecule has 0 aliphatic heterocycles. The fraction of sp³-hybridized carbons (Fsp3) is 0.545. The summed E-state index contributed by atoms with van der Waals surface area (Å²) < 4.78 is 9.96. The van der Waals surface area contributed by atoms with Gasteiger partial charge in [0.2, 0.25) is 0 Å². The van der Waals surface area contributed by atoms with E-state index in [4.69, 9.17) is 9.47 Å². The number of hydrogen-bond donors (Lipinski definition) is 1. The molecule has 29 heavy (non-hydrogen) atoms. The Balaban J connectivity index is 1.50. The van der Waals surface area contributed by atoms with Crippen LogP contribution in [0.3, 0.4) is 0 Å². The second kappa shape index (κ2) is 9.67. The molecule has 0 saturated heterocycles. The van der Waals surface area contributed by atoms with Crippen molar-refractivity contribution >= 4 is 23.6 Å². The Hall–Kier alpha value is -2.70. The Morgan fingerprint density at radius 3 is 2.38 bits per heavy atom. The third-order valence-corrected chi connectivity index (χ3v) is 5.83. The largest absolute Gasteiger partial charge is 0.467 e. The van der Waals surface area contributed by atoms with E-state index in [0.29, 0.717) is 12.8 Å². The van der Waals surface area contributed by atoms with Gasteiger partial charge in [0.1, 0.15) is 11.8 Å². The quantitative estimate of drug-likeness (QED) is 0.700. The number of hydrogen-bond acceptors (Lipinski definition) is 6. The Morgan fingerprint density at radius 2 is 1.76 bits per heavy atom. The normalized spacial score (nSPS) is 24.3. The summed E-state index contributed by atoms with van der Waals surface area (Å²) in [4.78, 5) is 48.8. The molecule has 1 aromatic rings. The van der Waals surface area contributed by atoms with Gasteiger partial charge in [-0.05, 0) is 31.2 Å². The van der Waals surface area contributed by atoms with Crippen LogP contribution in [0, 0.1) is 17.8 Å². The lowest BCUT2D eigenvalue weighted by molar-refractivity contribution is -0.157. The van der Waals surface area contributed by atoms with Gasteiger partial charge in [-0.25, -0.2) is 4.79 Å². The molecule has 1 unspecified atom stereocenters. The zero-order chi connectivity index (χ0) is 20.8. The van der Waals surface area contributed by atoms with Crippen LogP contribution in [0.5, 0.6) is 0 Å². The summed E-state index contributed by atoms with van der Waals surface area (Å²) in [6.07, 6.45) is 3.99. The van der Waals surface area contributed by atoms with E-state index in [-0.39, 0.29) is 30.0 Å². The molecule has 0 spiro atoms. The van der Waals surface area contributed by atoms with Crippen LogP contribution in [-0.2, 0) is 35.1 Å². The summed E-state index contributed by atoms with van der Waals surface area (Å²) in [5.41, 5.74) is 0.874. The molecule has 2 aliphatic carbocycles. The zero-order valence-corrected chi connectivity index (χ0v) is 16.6. The topological polar surface area (TPSA) is 98.8 Å². The highest BCUT2D eigenvalue weighted by Gasteiger charge is 2.41. The number of carbonyl (C=O) groups is 4. The first-order chi connectivity index (χ1) is 14.0. The number of methoxy groups -OCH3 is 1. The van der Waals surface area contributed by atoms with Crippen LogP contribution < -0.4 is 5.32 Å². The summed E-state index contributed by atoms with van der Waals surface area (Å²) in [6.45, 7) is -0.457. The van der Waals surface area contributed by atoms with E-state index in [0.717, 1.165) is 24.8 Å². The molecule has 7 nitrogen and oxygen atoms in total. The minimum Gasteiger partial charge on any atom is -0.467 e. The van der Waals surface area contributed by atoms with Gasteiger partial charge in [-0.3, -0.25) is 14.4 Å². The van der Waals surface area contributed by atoms with Crippen LogP contribution in [0.25, 0.3) is 0 Å². The lowest BCUT2D eigenvalue weighted by atomic mass is 9.67. The van der Waals surface area contributed by atoms with Gasteiger partial charge < -0.3 is 14.8 Å². The third kappa shape index (κ3) is 5.43. The predicted molar refractivity (Wildman–Crippen MR) is 104 cm³/mol. The minimum atomic E-state index is -0.861. The zero-order valence-electron chi connectivity index (χ0n) is 16.6. The highest BCUT2D eigenvalue weighted by molar-refractivity contribution is 5.89. The van der Waals surface area contributed by atoms with Gasteiger partial charge in [0.25, 0.3) is 5.91 Å². The first-order valence-corrected chi connectivity index (χ1v) is 10.1. The predicted octanol–water partition coefficient (Wildman–Crippen LogP) is 1.83. The Kier molecular flexibility index (Phi) is 7.01. The van der Waals surface area contributed by atoms with Crippen molar-refractivity contribution in [3.05, 3.63) is 35.9 Å². The molecule has 7 heteroatoms. The summed E-state index contributed by atoms with van der Waals surface area (Å²) in [5.74, 6) is -1.73. The second-order valence-corrected chi connectivity index (χ2v) is 7.84. The van der Waals surface area contributed by atoms with Crippen LogP contribution in [0.15, 0.2) is 30.3 Å². The number of ether oxygens (including phenoxy) is 2. The van der Waals surface area contributed by atoms with Gasteiger partial charge >= 0.3 is 11.9 Å². The summed E-state index contributed by atoms with van der Waals surface area (Å²) in [7, 11) is 1.26. The van der Waals surface area contributed by atoms with E-state index in [2.05, 4.69) is 5.32 Å².